The van der Waals surface area contributed by atoms with Gasteiger partial charge in [-0.25, -0.2) is 0 Å². The Morgan fingerprint density at radius 2 is 1.95 bits per heavy atom. The molecule has 0 saturated carbocycles. The van der Waals surface area contributed by atoms with Crippen LogP contribution in [0.5, 0.6) is 0 Å². The Hall–Kier alpha value is -0.220. The van der Waals surface area contributed by atoms with Crippen molar-refractivity contribution in [3.63, 3.8) is 0 Å². The molecule has 3 aliphatic heterocycles. The number of hydrogen-bond acceptors (Lipinski definition) is 3. The minimum absolute atomic E-state index is 0.385. The third-order valence-corrected chi connectivity index (χ3v) is 6.66. The van der Waals surface area contributed by atoms with Crippen LogP contribution in [0.25, 0.3) is 0 Å². The van der Waals surface area contributed by atoms with Crippen LogP contribution < -0.4 is 0 Å². The Morgan fingerprint density at radius 1 is 1.26 bits per heavy atom. The van der Waals surface area contributed by atoms with Gasteiger partial charge in [-0.05, 0) is 50.2 Å². The first-order valence-corrected chi connectivity index (χ1v) is 8.81. The Balaban J connectivity index is 1.67. The van der Waals surface area contributed by atoms with E-state index in [1.807, 2.05) is 0 Å². The number of rotatable bonds is 3. The van der Waals surface area contributed by atoms with Gasteiger partial charge in [-0.2, -0.15) is 11.8 Å². The lowest BCUT2D eigenvalue weighted by atomic mass is 9.86. The number of carbonyl (C=O) groups is 1. The van der Waals surface area contributed by atoms with Crippen molar-refractivity contribution in [1.29, 1.82) is 0 Å². The second-order valence-electron chi connectivity index (χ2n) is 6.55. The number of thioether (sulfide) groups is 1. The number of carboxylic acids is 1. The summed E-state index contributed by atoms with van der Waals surface area (Å²) in [6.45, 7) is 2.39. The fourth-order valence-corrected chi connectivity index (χ4v) is 5.78. The van der Waals surface area contributed by atoms with Gasteiger partial charge in [0, 0.05) is 29.8 Å². The van der Waals surface area contributed by atoms with E-state index in [1.54, 1.807) is 0 Å². The monoisotopic (exact) mass is 283 g/mol. The Morgan fingerprint density at radius 3 is 2.53 bits per heavy atom. The average Bonchev–Trinajstić information content (AvgIpc) is 2.62. The van der Waals surface area contributed by atoms with Crippen LogP contribution in [0.2, 0.25) is 0 Å². The van der Waals surface area contributed by atoms with Crippen molar-refractivity contribution in [1.82, 2.24) is 4.90 Å². The van der Waals surface area contributed by atoms with E-state index in [0.29, 0.717) is 24.4 Å². The van der Waals surface area contributed by atoms with Crippen LogP contribution in [0.4, 0.5) is 0 Å². The van der Waals surface area contributed by atoms with Crippen molar-refractivity contribution in [2.45, 2.75) is 75.2 Å². The molecule has 0 amide bonds. The van der Waals surface area contributed by atoms with Gasteiger partial charge in [-0.1, -0.05) is 6.92 Å². The molecule has 1 N–H and O–H groups in total. The highest BCUT2D eigenvalue weighted by atomic mass is 32.2. The molecule has 0 aliphatic carbocycles. The topological polar surface area (TPSA) is 40.5 Å². The van der Waals surface area contributed by atoms with E-state index in [-0.39, 0.29) is 0 Å². The molecule has 3 saturated heterocycles. The first kappa shape index (κ1) is 13.7. The van der Waals surface area contributed by atoms with Crippen LogP contribution in [-0.4, -0.2) is 45.1 Å². The molecule has 3 rings (SSSR count). The van der Waals surface area contributed by atoms with Gasteiger partial charge in [0.15, 0.2) is 0 Å². The highest BCUT2D eigenvalue weighted by Crippen LogP contribution is 2.44. The molecule has 19 heavy (non-hydrogen) atoms. The molecule has 4 heteroatoms. The molecule has 0 radical (unpaired) electrons. The zero-order valence-corrected chi connectivity index (χ0v) is 12.6. The van der Waals surface area contributed by atoms with Gasteiger partial charge in [-0.3, -0.25) is 9.69 Å². The largest absolute Gasteiger partial charge is 0.481 e. The standard InChI is InChI=1S/C15H25NO2S/c1-10-14(3-2-6-19-10)16-12-4-5-13(16)8-11(7-12)9-15(17)18/h10-14H,2-9H2,1H3,(H,17,18). The van der Waals surface area contributed by atoms with Crippen LogP contribution in [0.3, 0.4) is 0 Å². The minimum atomic E-state index is -0.612. The van der Waals surface area contributed by atoms with E-state index in [9.17, 15) is 4.79 Å². The van der Waals surface area contributed by atoms with Crippen LogP contribution in [0, 0.1) is 5.92 Å². The summed E-state index contributed by atoms with van der Waals surface area (Å²) in [6, 6.07) is 2.10. The molecule has 2 bridgehead atoms. The molecular formula is C15H25NO2S. The normalized spacial score (nSPS) is 43.3. The third-order valence-electron chi connectivity index (χ3n) is 5.30. The number of aliphatic carboxylic acids is 1. The van der Waals surface area contributed by atoms with Crippen LogP contribution in [0.1, 0.15) is 51.9 Å². The number of nitrogens with zero attached hydrogens (tertiary/aromatic N) is 1. The third kappa shape index (κ3) is 2.80. The Labute approximate surface area is 120 Å². The van der Waals surface area contributed by atoms with Crippen molar-refractivity contribution < 1.29 is 9.90 Å². The Kier molecular flexibility index (Phi) is 4.08. The average molecular weight is 283 g/mol. The molecular weight excluding hydrogens is 258 g/mol. The molecule has 4 unspecified atom stereocenters. The van der Waals surface area contributed by atoms with Gasteiger partial charge in [0.05, 0.1) is 0 Å². The maximum Gasteiger partial charge on any atom is 0.303 e. The first-order valence-electron chi connectivity index (χ1n) is 7.76. The molecule has 0 aromatic carbocycles. The zero-order valence-electron chi connectivity index (χ0n) is 11.8. The first-order chi connectivity index (χ1) is 9.15. The highest BCUT2D eigenvalue weighted by Gasteiger charge is 2.45. The predicted molar refractivity (Wildman–Crippen MR) is 78.6 cm³/mol. The van der Waals surface area contributed by atoms with Gasteiger partial charge >= 0.3 is 5.97 Å². The molecule has 3 heterocycles. The smallest absolute Gasteiger partial charge is 0.303 e. The van der Waals surface area contributed by atoms with Gasteiger partial charge in [0.25, 0.3) is 0 Å². The maximum absolute atomic E-state index is 10.9. The summed E-state index contributed by atoms with van der Waals surface area (Å²) < 4.78 is 0. The summed E-state index contributed by atoms with van der Waals surface area (Å²) in [6.07, 6.45) is 7.94. The van der Waals surface area contributed by atoms with E-state index in [4.69, 9.17) is 5.11 Å². The van der Waals surface area contributed by atoms with E-state index in [2.05, 4.69) is 23.6 Å². The van der Waals surface area contributed by atoms with Crippen molar-refractivity contribution in [3.05, 3.63) is 0 Å². The zero-order chi connectivity index (χ0) is 13.4. The van der Waals surface area contributed by atoms with E-state index in [1.165, 1.54) is 31.4 Å². The van der Waals surface area contributed by atoms with Crippen LogP contribution in [0.15, 0.2) is 0 Å². The lowest BCUT2D eigenvalue weighted by Crippen LogP contribution is -2.53. The molecule has 0 aromatic heterocycles. The van der Waals surface area contributed by atoms with Crippen LogP contribution in [-0.2, 0) is 4.79 Å². The van der Waals surface area contributed by atoms with E-state index in [0.717, 1.165) is 24.1 Å². The lowest BCUT2D eigenvalue weighted by molar-refractivity contribution is -0.138. The van der Waals surface area contributed by atoms with Gasteiger partial charge < -0.3 is 5.11 Å². The highest BCUT2D eigenvalue weighted by molar-refractivity contribution is 7.99. The number of piperidine rings is 1. The summed E-state index contributed by atoms with van der Waals surface area (Å²) in [7, 11) is 0. The second kappa shape index (κ2) is 5.65. The predicted octanol–water partition coefficient (Wildman–Crippen LogP) is 2.99. The summed E-state index contributed by atoms with van der Waals surface area (Å²) in [5.41, 5.74) is 0. The van der Waals surface area contributed by atoms with Crippen LogP contribution >= 0.6 is 11.8 Å². The fraction of sp³-hybridized carbons (Fsp3) is 0.933. The summed E-state index contributed by atoms with van der Waals surface area (Å²) in [5, 5.41) is 9.76. The summed E-state index contributed by atoms with van der Waals surface area (Å²) >= 11 is 2.13. The number of fused-ring (bicyclic) bond motifs is 2. The SMILES string of the molecule is CC1SCCCC1N1C2CCC1CC(CC(=O)O)C2. The molecule has 108 valence electrons. The Bertz CT molecular complexity index is 335. The van der Waals surface area contributed by atoms with Crippen molar-refractivity contribution in [2.75, 3.05) is 5.75 Å². The fourth-order valence-electron chi connectivity index (χ4n) is 4.58. The van der Waals surface area contributed by atoms with Crippen molar-refractivity contribution in [3.8, 4) is 0 Å². The van der Waals surface area contributed by atoms with E-state index < -0.39 is 5.97 Å². The van der Waals surface area contributed by atoms with Gasteiger partial charge in [0.2, 0.25) is 0 Å². The van der Waals surface area contributed by atoms with Crippen molar-refractivity contribution >= 4 is 17.7 Å². The summed E-state index contributed by atoms with van der Waals surface area (Å²) in [4.78, 5) is 13.7. The van der Waals surface area contributed by atoms with Gasteiger partial charge in [0.1, 0.15) is 0 Å². The minimum Gasteiger partial charge on any atom is -0.481 e. The molecule has 0 aromatic rings. The molecule has 0 spiro atoms. The van der Waals surface area contributed by atoms with E-state index >= 15 is 0 Å². The molecule has 4 atom stereocenters. The van der Waals surface area contributed by atoms with Gasteiger partial charge in [-0.15, -0.1) is 0 Å². The maximum atomic E-state index is 10.9. The number of hydrogen-bond donors (Lipinski definition) is 1. The van der Waals surface area contributed by atoms with Crippen molar-refractivity contribution in [2.24, 2.45) is 5.92 Å². The summed E-state index contributed by atoms with van der Waals surface area (Å²) in [5.74, 6) is 1.14. The lowest BCUT2D eigenvalue weighted by Gasteiger charge is -2.47. The molecule has 3 nitrogen and oxygen atoms in total. The number of carboxylic acid groups (broad SMARTS) is 1. The molecule has 3 aliphatic rings. The molecule has 3 fully saturated rings. The second-order valence-corrected chi connectivity index (χ2v) is 8.04. The quantitative estimate of drug-likeness (QED) is 0.864.